The number of aldehydes is 1. The number of fused-ring (bicyclic) bond motifs is 1. The number of carbonyl (C=O) groups is 2. The summed E-state index contributed by atoms with van der Waals surface area (Å²) < 4.78 is 5.40. The Hall–Kier alpha value is -2.88. The highest BCUT2D eigenvalue weighted by molar-refractivity contribution is 5.89. The van der Waals surface area contributed by atoms with E-state index in [1.54, 1.807) is 24.3 Å². The fourth-order valence-corrected chi connectivity index (χ4v) is 2.67. The van der Waals surface area contributed by atoms with Crippen LogP contribution in [0.1, 0.15) is 28.3 Å². The molecular weight excluding hydrogens is 290 g/mol. The molecule has 0 saturated heterocycles. The van der Waals surface area contributed by atoms with Crippen LogP contribution in [0.2, 0.25) is 0 Å². The van der Waals surface area contributed by atoms with Gasteiger partial charge in [-0.2, -0.15) is 0 Å². The van der Waals surface area contributed by atoms with E-state index in [0.717, 1.165) is 22.8 Å². The largest absolute Gasteiger partial charge is 0.461 e. The molecule has 0 unspecified atom stereocenters. The van der Waals surface area contributed by atoms with Gasteiger partial charge in [0.2, 0.25) is 0 Å². The van der Waals surface area contributed by atoms with Crippen LogP contribution in [0.15, 0.2) is 60.8 Å². The van der Waals surface area contributed by atoms with E-state index >= 15 is 0 Å². The Morgan fingerprint density at radius 3 is 2.61 bits per heavy atom. The first-order valence-electron chi connectivity index (χ1n) is 7.51. The lowest BCUT2D eigenvalue weighted by molar-refractivity contribution is -0.108. The third kappa shape index (κ3) is 3.31. The molecule has 3 aromatic rings. The Labute approximate surface area is 134 Å². The predicted molar refractivity (Wildman–Crippen MR) is 88.4 cm³/mol. The zero-order valence-electron chi connectivity index (χ0n) is 12.6. The summed E-state index contributed by atoms with van der Waals surface area (Å²) >= 11 is 0. The number of rotatable bonds is 6. The van der Waals surface area contributed by atoms with Gasteiger partial charge in [0.25, 0.3) is 0 Å². The number of carbonyl (C=O) groups excluding carboxylic acids is 2. The van der Waals surface area contributed by atoms with E-state index < -0.39 is 0 Å². The van der Waals surface area contributed by atoms with Crippen molar-refractivity contribution in [2.24, 2.45) is 0 Å². The lowest BCUT2D eigenvalue weighted by Crippen LogP contribution is -2.13. The number of aromatic nitrogens is 1. The van der Waals surface area contributed by atoms with Crippen LogP contribution in [-0.4, -0.2) is 23.8 Å². The standard InChI is InChI=1S/C19H17NO3/c21-11-10-15(13-23-19(22)14-6-2-1-3-7-14)17-12-20-18-9-5-4-8-16(17)18/h1-9,11-12,15,20H,10,13H2/t15-/m1/s1. The van der Waals surface area contributed by atoms with Crippen molar-refractivity contribution in [1.82, 2.24) is 4.98 Å². The molecule has 23 heavy (non-hydrogen) atoms. The molecule has 1 heterocycles. The number of para-hydroxylation sites is 1. The molecule has 0 amide bonds. The molecule has 116 valence electrons. The number of hydrogen-bond donors (Lipinski definition) is 1. The maximum absolute atomic E-state index is 12.1. The second-order valence-electron chi connectivity index (χ2n) is 5.35. The summed E-state index contributed by atoms with van der Waals surface area (Å²) in [6.45, 7) is 0.175. The Bertz CT molecular complexity index is 808. The van der Waals surface area contributed by atoms with Crippen molar-refractivity contribution in [2.75, 3.05) is 6.61 Å². The number of hydrogen-bond acceptors (Lipinski definition) is 3. The van der Waals surface area contributed by atoms with Crippen LogP contribution in [-0.2, 0) is 9.53 Å². The molecule has 3 rings (SSSR count). The van der Waals surface area contributed by atoms with Crippen molar-refractivity contribution in [3.05, 3.63) is 71.9 Å². The molecular formula is C19H17NO3. The van der Waals surface area contributed by atoms with Gasteiger partial charge in [-0.15, -0.1) is 0 Å². The van der Waals surface area contributed by atoms with E-state index in [9.17, 15) is 9.59 Å². The first-order chi connectivity index (χ1) is 11.3. The third-order valence-corrected chi connectivity index (χ3v) is 3.87. The average molecular weight is 307 g/mol. The lowest BCUT2D eigenvalue weighted by Gasteiger charge is -2.14. The third-order valence-electron chi connectivity index (χ3n) is 3.87. The molecule has 4 nitrogen and oxygen atoms in total. The van der Waals surface area contributed by atoms with Crippen molar-refractivity contribution in [2.45, 2.75) is 12.3 Å². The van der Waals surface area contributed by atoms with Crippen LogP contribution in [0.25, 0.3) is 10.9 Å². The Morgan fingerprint density at radius 1 is 1.09 bits per heavy atom. The van der Waals surface area contributed by atoms with Gasteiger partial charge in [-0.25, -0.2) is 4.79 Å². The fourth-order valence-electron chi connectivity index (χ4n) is 2.67. The first kappa shape index (κ1) is 15.0. The maximum atomic E-state index is 12.1. The zero-order chi connectivity index (χ0) is 16.1. The van der Waals surface area contributed by atoms with Crippen LogP contribution in [0.4, 0.5) is 0 Å². The van der Waals surface area contributed by atoms with E-state index in [1.165, 1.54) is 0 Å². The summed E-state index contributed by atoms with van der Waals surface area (Å²) in [7, 11) is 0. The second-order valence-corrected chi connectivity index (χ2v) is 5.35. The summed E-state index contributed by atoms with van der Waals surface area (Å²) in [6.07, 6.45) is 3.06. The molecule has 0 aliphatic carbocycles. The normalized spacial score (nSPS) is 12.0. The lowest BCUT2D eigenvalue weighted by atomic mass is 9.96. The summed E-state index contributed by atoms with van der Waals surface area (Å²) in [5.74, 6) is -0.530. The highest BCUT2D eigenvalue weighted by atomic mass is 16.5. The Kier molecular flexibility index (Phi) is 4.52. The molecule has 4 heteroatoms. The van der Waals surface area contributed by atoms with E-state index in [4.69, 9.17) is 4.74 Å². The average Bonchev–Trinajstić information content (AvgIpc) is 3.03. The molecule has 1 atom stereocenters. The zero-order valence-corrected chi connectivity index (χ0v) is 12.6. The molecule has 2 aromatic carbocycles. The van der Waals surface area contributed by atoms with Crippen molar-refractivity contribution < 1.29 is 14.3 Å². The molecule has 0 spiro atoms. The quantitative estimate of drug-likeness (QED) is 0.558. The number of nitrogens with one attached hydrogen (secondary N) is 1. The number of H-pyrrole nitrogens is 1. The number of benzene rings is 2. The van der Waals surface area contributed by atoms with Gasteiger partial charge in [-0.3, -0.25) is 0 Å². The smallest absolute Gasteiger partial charge is 0.338 e. The predicted octanol–water partition coefficient (Wildman–Crippen LogP) is 3.70. The van der Waals surface area contributed by atoms with Gasteiger partial charge in [-0.05, 0) is 23.8 Å². The minimum atomic E-state index is -0.374. The Balaban J connectivity index is 1.77. The number of esters is 1. The topological polar surface area (TPSA) is 59.2 Å². The van der Waals surface area contributed by atoms with Crippen LogP contribution in [0.3, 0.4) is 0 Å². The van der Waals surface area contributed by atoms with Gasteiger partial charge < -0.3 is 14.5 Å². The molecule has 1 N–H and O–H groups in total. The highest BCUT2D eigenvalue weighted by Gasteiger charge is 2.18. The fraction of sp³-hybridized carbons (Fsp3) is 0.158. The first-order valence-corrected chi connectivity index (χ1v) is 7.51. The summed E-state index contributed by atoms with van der Waals surface area (Å²) in [4.78, 5) is 26.3. The van der Waals surface area contributed by atoms with Crippen LogP contribution in [0, 0.1) is 0 Å². The highest BCUT2D eigenvalue weighted by Crippen LogP contribution is 2.27. The number of aromatic amines is 1. The molecule has 0 radical (unpaired) electrons. The Morgan fingerprint density at radius 2 is 1.83 bits per heavy atom. The van der Waals surface area contributed by atoms with Crippen molar-refractivity contribution in [1.29, 1.82) is 0 Å². The second kappa shape index (κ2) is 6.92. The summed E-state index contributed by atoms with van der Waals surface area (Å²) in [5, 5.41) is 1.05. The number of ether oxygens (including phenoxy) is 1. The van der Waals surface area contributed by atoms with E-state index in [1.807, 2.05) is 36.5 Å². The van der Waals surface area contributed by atoms with Crippen molar-refractivity contribution in [3.8, 4) is 0 Å². The van der Waals surface area contributed by atoms with Gasteiger partial charge in [0.15, 0.2) is 0 Å². The van der Waals surface area contributed by atoms with Gasteiger partial charge in [0, 0.05) is 29.4 Å². The molecule has 0 bridgehead atoms. The van der Waals surface area contributed by atoms with Crippen LogP contribution < -0.4 is 0 Å². The summed E-state index contributed by atoms with van der Waals surface area (Å²) in [5.41, 5.74) is 2.51. The van der Waals surface area contributed by atoms with Gasteiger partial charge >= 0.3 is 5.97 Å². The van der Waals surface area contributed by atoms with E-state index in [2.05, 4.69) is 4.98 Å². The minimum absolute atomic E-state index is 0.156. The van der Waals surface area contributed by atoms with Crippen LogP contribution in [0.5, 0.6) is 0 Å². The van der Waals surface area contributed by atoms with Crippen molar-refractivity contribution in [3.63, 3.8) is 0 Å². The molecule has 0 aliphatic heterocycles. The molecule has 0 aliphatic rings. The van der Waals surface area contributed by atoms with Crippen LogP contribution >= 0.6 is 0 Å². The summed E-state index contributed by atoms with van der Waals surface area (Å²) in [6, 6.07) is 16.7. The van der Waals surface area contributed by atoms with E-state index in [0.29, 0.717) is 12.0 Å². The SMILES string of the molecule is O=CC[C@H](COC(=O)c1ccccc1)c1c[nH]c2ccccc12. The van der Waals surface area contributed by atoms with Gasteiger partial charge in [-0.1, -0.05) is 36.4 Å². The molecule has 0 fully saturated rings. The monoisotopic (exact) mass is 307 g/mol. The van der Waals surface area contributed by atoms with E-state index in [-0.39, 0.29) is 18.5 Å². The molecule has 1 aromatic heterocycles. The van der Waals surface area contributed by atoms with Gasteiger partial charge in [0.1, 0.15) is 6.29 Å². The van der Waals surface area contributed by atoms with Crippen molar-refractivity contribution >= 4 is 23.2 Å². The molecule has 0 saturated carbocycles. The minimum Gasteiger partial charge on any atom is -0.461 e. The maximum Gasteiger partial charge on any atom is 0.338 e. The van der Waals surface area contributed by atoms with Gasteiger partial charge in [0.05, 0.1) is 12.2 Å².